The summed E-state index contributed by atoms with van der Waals surface area (Å²) in [5.74, 6) is 0.896. The van der Waals surface area contributed by atoms with Crippen LogP contribution in [0.1, 0.15) is 51.5 Å². The second-order valence-corrected chi connectivity index (χ2v) is 9.43. The van der Waals surface area contributed by atoms with Crippen LogP contribution in [0, 0.1) is 5.92 Å². The highest BCUT2D eigenvalue weighted by Crippen LogP contribution is 2.35. The molecule has 2 aliphatic heterocycles. The minimum atomic E-state index is -0.183. The first kappa shape index (κ1) is 21.8. The molecule has 4 atom stereocenters. The van der Waals surface area contributed by atoms with Crippen LogP contribution in [0.25, 0.3) is 0 Å². The van der Waals surface area contributed by atoms with E-state index in [0.29, 0.717) is 11.8 Å². The van der Waals surface area contributed by atoms with Gasteiger partial charge in [-0.05, 0) is 57.4 Å². The van der Waals surface area contributed by atoms with E-state index in [1.165, 1.54) is 0 Å². The van der Waals surface area contributed by atoms with Crippen molar-refractivity contribution < 1.29 is 19.1 Å². The molecule has 3 heterocycles. The normalized spacial score (nSPS) is 29.3. The molecule has 9 heteroatoms. The lowest BCUT2D eigenvalue weighted by Crippen LogP contribution is -2.58. The number of likely N-dealkylation sites (tertiary alicyclic amines) is 1. The molecule has 2 saturated heterocycles. The number of methoxy groups -OCH3 is 1. The molecule has 0 aromatic carbocycles. The van der Waals surface area contributed by atoms with E-state index in [-0.39, 0.29) is 42.3 Å². The molecule has 1 aromatic heterocycles. The Labute approximate surface area is 183 Å². The number of rotatable bonds is 6. The summed E-state index contributed by atoms with van der Waals surface area (Å²) in [6.45, 7) is 4.93. The van der Waals surface area contributed by atoms with Crippen molar-refractivity contribution in [2.75, 3.05) is 13.7 Å². The zero-order chi connectivity index (χ0) is 22.0. The predicted molar refractivity (Wildman–Crippen MR) is 114 cm³/mol. The lowest BCUT2D eigenvalue weighted by Gasteiger charge is -2.47. The molecular formula is C22H33N5O4. The van der Waals surface area contributed by atoms with Gasteiger partial charge in [0.05, 0.1) is 19.7 Å². The van der Waals surface area contributed by atoms with Crippen molar-refractivity contribution >= 4 is 12.0 Å². The predicted octanol–water partition coefficient (Wildman–Crippen LogP) is 1.73. The van der Waals surface area contributed by atoms with Crippen LogP contribution in [0.4, 0.5) is 4.79 Å². The summed E-state index contributed by atoms with van der Waals surface area (Å²) in [4.78, 5) is 30.7. The third-order valence-electron chi connectivity index (χ3n) is 6.80. The van der Waals surface area contributed by atoms with Gasteiger partial charge in [0.15, 0.2) is 0 Å². The summed E-state index contributed by atoms with van der Waals surface area (Å²) in [6, 6.07) is 3.84. The molecule has 9 nitrogen and oxygen atoms in total. The van der Waals surface area contributed by atoms with E-state index in [9.17, 15) is 9.59 Å². The van der Waals surface area contributed by atoms with Crippen molar-refractivity contribution in [3.63, 3.8) is 0 Å². The number of amides is 2. The van der Waals surface area contributed by atoms with E-state index in [1.54, 1.807) is 19.4 Å². The molecule has 2 amide bonds. The van der Waals surface area contributed by atoms with Crippen LogP contribution in [0.3, 0.4) is 0 Å². The molecule has 170 valence electrons. The van der Waals surface area contributed by atoms with Crippen molar-refractivity contribution in [3.8, 4) is 5.88 Å². The number of aromatic nitrogens is 1. The van der Waals surface area contributed by atoms with Gasteiger partial charge in [0.1, 0.15) is 6.10 Å². The third-order valence-corrected chi connectivity index (χ3v) is 6.80. The Kier molecular flexibility index (Phi) is 6.34. The first-order valence-electron chi connectivity index (χ1n) is 11.1. The molecular weight excluding hydrogens is 398 g/mol. The first-order chi connectivity index (χ1) is 14.8. The van der Waals surface area contributed by atoms with Crippen molar-refractivity contribution in [1.82, 2.24) is 26.1 Å². The van der Waals surface area contributed by atoms with Crippen LogP contribution in [-0.2, 0) is 16.0 Å². The summed E-state index contributed by atoms with van der Waals surface area (Å²) in [5.41, 5.74) is 7.26. The number of hydrogen-bond donors (Lipinski definition) is 3. The number of nitrogens with one attached hydrogen (secondary N) is 3. The van der Waals surface area contributed by atoms with Gasteiger partial charge in [-0.2, -0.15) is 0 Å². The summed E-state index contributed by atoms with van der Waals surface area (Å²) >= 11 is 0. The maximum atomic E-state index is 12.4. The van der Waals surface area contributed by atoms with Gasteiger partial charge in [-0.25, -0.2) is 15.2 Å². The Bertz CT molecular complexity index is 800. The number of hydrogen-bond acceptors (Lipinski definition) is 7. The monoisotopic (exact) mass is 431 g/mol. The summed E-state index contributed by atoms with van der Waals surface area (Å²) < 4.78 is 10.8. The van der Waals surface area contributed by atoms with Crippen LogP contribution in [0.2, 0.25) is 0 Å². The standard InChI is InChI=1S/C22H33N5O4/c1-22(2)8-9-27(22)21(29)31-16-6-5-15(11-16)17-12-18(26-25-17)24-19(28)10-14-4-7-20(30-3)23-13-14/h4,7,13,15-18,25-26H,5-6,8-12H2,1-3H3,(H,24,28)/t15-,16+,17?,18?/m0/s1. The number of hydrazine groups is 1. The second kappa shape index (κ2) is 9.00. The Hall–Kier alpha value is -2.39. The van der Waals surface area contributed by atoms with E-state index in [2.05, 4.69) is 35.0 Å². The Balaban J connectivity index is 1.19. The molecule has 4 rings (SSSR count). The van der Waals surface area contributed by atoms with Crippen molar-refractivity contribution in [2.24, 2.45) is 5.92 Å². The molecule has 0 radical (unpaired) electrons. The topological polar surface area (TPSA) is 105 Å². The zero-order valence-electron chi connectivity index (χ0n) is 18.5. The molecule has 3 fully saturated rings. The fourth-order valence-corrected chi connectivity index (χ4v) is 4.71. The number of pyridine rings is 1. The molecule has 3 N–H and O–H groups in total. The molecule has 3 aliphatic rings. The summed E-state index contributed by atoms with van der Waals surface area (Å²) in [5, 5.41) is 3.03. The van der Waals surface area contributed by atoms with Crippen LogP contribution in [0.5, 0.6) is 5.88 Å². The van der Waals surface area contributed by atoms with Gasteiger partial charge in [0.2, 0.25) is 11.8 Å². The first-order valence-corrected chi connectivity index (χ1v) is 11.1. The average molecular weight is 432 g/mol. The summed E-state index contributed by atoms with van der Waals surface area (Å²) in [6.07, 6.45) is 6.20. The van der Waals surface area contributed by atoms with Gasteiger partial charge < -0.3 is 19.7 Å². The van der Waals surface area contributed by atoms with Gasteiger partial charge in [-0.1, -0.05) is 6.07 Å². The lowest BCUT2D eigenvalue weighted by molar-refractivity contribution is -0.121. The largest absolute Gasteiger partial charge is 0.481 e. The molecule has 1 aromatic rings. The van der Waals surface area contributed by atoms with Gasteiger partial charge in [-0.15, -0.1) is 0 Å². The highest BCUT2D eigenvalue weighted by atomic mass is 16.6. The average Bonchev–Trinajstić information content (AvgIpc) is 3.37. The lowest BCUT2D eigenvalue weighted by atomic mass is 9.90. The van der Waals surface area contributed by atoms with Gasteiger partial charge in [0.25, 0.3) is 0 Å². The van der Waals surface area contributed by atoms with Crippen molar-refractivity contribution in [2.45, 2.75) is 76.2 Å². The fourth-order valence-electron chi connectivity index (χ4n) is 4.71. The quantitative estimate of drug-likeness (QED) is 0.630. The smallest absolute Gasteiger partial charge is 0.410 e. The molecule has 0 bridgehead atoms. The van der Waals surface area contributed by atoms with Crippen LogP contribution >= 0.6 is 0 Å². The van der Waals surface area contributed by atoms with Gasteiger partial charge >= 0.3 is 6.09 Å². The third kappa shape index (κ3) is 5.10. The van der Waals surface area contributed by atoms with E-state index >= 15 is 0 Å². The maximum Gasteiger partial charge on any atom is 0.410 e. The minimum Gasteiger partial charge on any atom is -0.481 e. The van der Waals surface area contributed by atoms with E-state index in [0.717, 1.165) is 44.2 Å². The highest BCUT2D eigenvalue weighted by molar-refractivity contribution is 5.78. The zero-order valence-corrected chi connectivity index (χ0v) is 18.5. The maximum absolute atomic E-state index is 12.4. The Morgan fingerprint density at radius 2 is 2.10 bits per heavy atom. The number of ether oxygens (including phenoxy) is 2. The minimum absolute atomic E-state index is 0.0214. The Morgan fingerprint density at radius 1 is 1.26 bits per heavy atom. The van der Waals surface area contributed by atoms with Gasteiger partial charge in [-0.3, -0.25) is 10.2 Å². The number of carbonyl (C=O) groups is 2. The molecule has 1 aliphatic carbocycles. The van der Waals surface area contributed by atoms with Crippen molar-refractivity contribution in [3.05, 3.63) is 23.9 Å². The SMILES string of the molecule is COc1ccc(CC(=O)NC2CC([C@H]3CC[C@@H](OC(=O)N4CCC4(C)C)C3)NN2)cn1. The van der Waals surface area contributed by atoms with E-state index in [1.807, 2.05) is 11.0 Å². The molecule has 2 unspecified atom stereocenters. The van der Waals surface area contributed by atoms with E-state index < -0.39 is 0 Å². The molecule has 0 spiro atoms. The van der Waals surface area contributed by atoms with Crippen LogP contribution in [-0.4, -0.2) is 59.4 Å². The summed E-state index contributed by atoms with van der Waals surface area (Å²) in [7, 11) is 1.56. The number of nitrogens with zero attached hydrogens (tertiary/aromatic N) is 2. The van der Waals surface area contributed by atoms with E-state index in [4.69, 9.17) is 9.47 Å². The fraction of sp³-hybridized carbons (Fsp3) is 0.682. The molecule has 1 saturated carbocycles. The molecule has 31 heavy (non-hydrogen) atoms. The van der Waals surface area contributed by atoms with Crippen LogP contribution in [0.15, 0.2) is 18.3 Å². The van der Waals surface area contributed by atoms with Crippen LogP contribution < -0.4 is 20.9 Å². The van der Waals surface area contributed by atoms with Crippen molar-refractivity contribution in [1.29, 1.82) is 0 Å². The highest BCUT2D eigenvalue weighted by Gasteiger charge is 2.43. The number of carbonyl (C=O) groups excluding carboxylic acids is 2. The van der Waals surface area contributed by atoms with Gasteiger partial charge in [0, 0.05) is 30.4 Å². The second-order valence-electron chi connectivity index (χ2n) is 9.43. The Morgan fingerprint density at radius 3 is 2.74 bits per heavy atom.